The third-order valence-corrected chi connectivity index (χ3v) is 6.19. The maximum atomic E-state index is 12.0. The molecular weight excluding hydrogens is 260 g/mol. The molecule has 0 spiro atoms. The van der Waals surface area contributed by atoms with Crippen LogP contribution in [0.2, 0.25) is 0 Å². The molecule has 1 aliphatic carbocycles. The summed E-state index contributed by atoms with van der Waals surface area (Å²) in [6.45, 7) is 6.36. The standard InChI is InChI=1S/C18H32N2O/c1-13-10-15(12-16-6-3-4-8-19-16)17-7-5-9-20(14(2)21)18(17)11-13/h13,15-19H,3-12H2,1-2H3. The van der Waals surface area contributed by atoms with Gasteiger partial charge in [0.1, 0.15) is 0 Å². The van der Waals surface area contributed by atoms with Crippen molar-refractivity contribution in [3.05, 3.63) is 0 Å². The fourth-order valence-corrected chi connectivity index (χ4v) is 5.29. The van der Waals surface area contributed by atoms with Gasteiger partial charge in [-0.25, -0.2) is 0 Å². The highest BCUT2D eigenvalue weighted by Gasteiger charge is 2.42. The van der Waals surface area contributed by atoms with E-state index in [0.29, 0.717) is 11.9 Å². The third-order valence-electron chi connectivity index (χ3n) is 6.19. The van der Waals surface area contributed by atoms with Crippen LogP contribution in [-0.4, -0.2) is 36.0 Å². The van der Waals surface area contributed by atoms with E-state index in [-0.39, 0.29) is 0 Å². The van der Waals surface area contributed by atoms with Crippen molar-refractivity contribution < 1.29 is 4.79 Å². The first-order valence-electron chi connectivity index (χ1n) is 9.15. The van der Waals surface area contributed by atoms with E-state index >= 15 is 0 Å². The fourth-order valence-electron chi connectivity index (χ4n) is 5.29. The van der Waals surface area contributed by atoms with Crippen LogP contribution in [0.15, 0.2) is 0 Å². The van der Waals surface area contributed by atoms with Crippen LogP contribution in [0, 0.1) is 17.8 Å². The number of carbonyl (C=O) groups is 1. The van der Waals surface area contributed by atoms with E-state index in [0.717, 1.165) is 30.3 Å². The lowest BCUT2D eigenvalue weighted by atomic mass is 9.65. The van der Waals surface area contributed by atoms with E-state index in [2.05, 4.69) is 17.1 Å². The average molecular weight is 292 g/mol. The molecule has 3 aliphatic rings. The number of hydrogen-bond donors (Lipinski definition) is 1. The van der Waals surface area contributed by atoms with Crippen molar-refractivity contribution in [2.45, 2.75) is 77.3 Å². The third kappa shape index (κ3) is 3.44. The Morgan fingerprint density at radius 1 is 1.19 bits per heavy atom. The summed E-state index contributed by atoms with van der Waals surface area (Å²) in [6.07, 6.45) is 10.6. The molecular formula is C18H32N2O. The molecule has 1 amide bonds. The van der Waals surface area contributed by atoms with Crippen molar-refractivity contribution in [2.24, 2.45) is 17.8 Å². The van der Waals surface area contributed by atoms with E-state index in [9.17, 15) is 4.79 Å². The summed E-state index contributed by atoms with van der Waals surface area (Å²) in [5, 5.41) is 3.73. The number of hydrogen-bond acceptors (Lipinski definition) is 2. The van der Waals surface area contributed by atoms with Crippen molar-refractivity contribution >= 4 is 5.91 Å². The number of nitrogens with one attached hydrogen (secondary N) is 1. The lowest BCUT2D eigenvalue weighted by Crippen LogP contribution is -2.53. The molecule has 1 N–H and O–H groups in total. The Morgan fingerprint density at radius 2 is 2.05 bits per heavy atom. The Balaban J connectivity index is 1.69. The summed E-state index contributed by atoms with van der Waals surface area (Å²) in [6, 6.07) is 1.27. The van der Waals surface area contributed by atoms with Gasteiger partial charge in [0, 0.05) is 25.6 Å². The first-order valence-corrected chi connectivity index (χ1v) is 9.15. The van der Waals surface area contributed by atoms with E-state index in [1.807, 2.05) is 0 Å². The molecule has 2 heterocycles. The zero-order chi connectivity index (χ0) is 14.8. The summed E-state index contributed by atoms with van der Waals surface area (Å²) in [5.41, 5.74) is 0. The quantitative estimate of drug-likeness (QED) is 0.847. The fraction of sp³-hybridized carbons (Fsp3) is 0.944. The maximum absolute atomic E-state index is 12.0. The number of carbonyl (C=O) groups excluding carboxylic acids is 1. The molecule has 3 nitrogen and oxygen atoms in total. The van der Waals surface area contributed by atoms with Gasteiger partial charge in [-0.2, -0.15) is 0 Å². The number of likely N-dealkylation sites (tertiary alicyclic amines) is 1. The van der Waals surface area contributed by atoms with Crippen LogP contribution in [-0.2, 0) is 4.79 Å². The van der Waals surface area contributed by atoms with Crippen LogP contribution in [0.5, 0.6) is 0 Å². The monoisotopic (exact) mass is 292 g/mol. The second kappa shape index (κ2) is 6.68. The van der Waals surface area contributed by atoms with Crippen LogP contribution >= 0.6 is 0 Å². The van der Waals surface area contributed by atoms with E-state index in [1.54, 1.807) is 6.92 Å². The van der Waals surface area contributed by atoms with Crippen LogP contribution in [0.3, 0.4) is 0 Å². The molecule has 2 aliphatic heterocycles. The second-order valence-corrected chi connectivity index (χ2v) is 7.81. The summed E-state index contributed by atoms with van der Waals surface area (Å²) in [5.74, 6) is 2.67. The molecule has 0 bridgehead atoms. The van der Waals surface area contributed by atoms with Gasteiger partial charge in [0.25, 0.3) is 0 Å². The zero-order valence-electron chi connectivity index (χ0n) is 13.8. The van der Waals surface area contributed by atoms with E-state index in [1.165, 1.54) is 57.9 Å². The SMILES string of the molecule is CC(=O)N1CCCC2C(CC3CCCCN3)CC(C)CC21. The molecule has 0 aromatic rings. The van der Waals surface area contributed by atoms with Crippen LogP contribution < -0.4 is 5.32 Å². The summed E-state index contributed by atoms with van der Waals surface area (Å²) < 4.78 is 0. The number of amides is 1. The molecule has 3 heteroatoms. The van der Waals surface area contributed by atoms with Gasteiger partial charge in [0.05, 0.1) is 0 Å². The van der Waals surface area contributed by atoms with Gasteiger partial charge in [-0.05, 0) is 69.2 Å². The minimum Gasteiger partial charge on any atom is -0.340 e. The molecule has 3 fully saturated rings. The topological polar surface area (TPSA) is 32.3 Å². The molecule has 5 unspecified atom stereocenters. The van der Waals surface area contributed by atoms with Gasteiger partial charge >= 0.3 is 0 Å². The molecule has 0 radical (unpaired) electrons. The molecule has 5 atom stereocenters. The van der Waals surface area contributed by atoms with Crippen molar-refractivity contribution in [3.63, 3.8) is 0 Å². The number of rotatable bonds is 2. The first-order chi connectivity index (χ1) is 10.1. The van der Waals surface area contributed by atoms with Gasteiger partial charge < -0.3 is 10.2 Å². The second-order valence-electron chi connectivity index (χ2n) is 7.81. The average Bonchev–Trinajstić information content (AvgIpc) is 2.47. The van der Waals surface area contributed by atoms with Crippen molar-refractivity contribution in [1.82, 2.24) is 10.2 Å². The molecule has 2 saturated heterocycles. The first kappa shape index (κ1) is 15.3. The summed E-state index contributed by atoms with van der Waals surface area (Å²) >= 11 is 0. The van der Waals surface area contributed by atoms with Gasteiger partial charge in [0.2, 0.25) is 5.91 Å². The van der Waals surface area contributed by atoms with Crippen LogP contribution in [0.1, 0.15) is 65.2 Å². The molecule has 3 rings (SSSR count). The summed E-state index contributed by atoms with van der Waals surface area (Å²) in [7, 11) is 0. The molecule has 0 aromatic carbocycles. The van der Waals surface area contributed by atoms with Gasteiger partial charge in [-0.15, -0.1) is 0 Å². The molecule has 0 aromatic heterocycles. The number of nitrogens with zero attached hydrogens (tertiary/aromatic N) is 1. The van der Waals surface area contributed by atoms with E-state index in [4.69, 9.17) is 0 Å². The maximum Gasteiger partial charge on any atom is 0.219 e. The zero-order valence-corrected chi connectivity index (χ0v) is 13.8. The van der Waals surface area contributed by atoms with Crippen molar-refractivity contribution in [3.8, 4) is 0 Å². The Hall–Kier alpha value is -0.570. The van der Waals surface area contributed by atoms with Gasteiger partial charge in [0.15, 0.2) is 0 Å². The molecule has 120 valence electrons. The lowest BCUT2D eigenvalue weighted by molar-refractivity contribution is -0.137. The van der Waals surface area contributed by atoms with Gasteiger partial charge in [-0.3, -0.25) is 4.79 Å². The Labute approximate surface area is 129 Å². The predicted octanol–water partition coefficient (Wildman–Crippen LogP) is 3.19. The van der Waals surface area contributed by atoms with E-state index < -0.39 is 0 Å². The normalized spacial score (nSPS) is 40.7. The number of fused-ring (bicyclic) bond motifs is 1. The van der Waals surface area contributed by atoms with Crippen LogP contribution in [0.4, 0.5) is 0 Å². The van der Waals surface area contributed by atoms with Crippen molar-refractivity contribution in [1.29, 1.82) is 0 Å². The summed E-state index contributed by atoms with van der Waals surface area (Å²) in [4.78, 5) is 14.2. The number of piperidine rings is 2. The smallest absolute Gasteiger partial charge is 0.219 e. The van der Waals surface area contributed by atoms with Crippen molar-refractivity contribution in [2.75, 3.05) is 13.1 Å². The minimum absolute atomic E-state index is 0.299. The highest BCUT2D eigenvalue weighted by Crippen LogP contribution is 2.44. The Bertz CT molecular complexity index is 364. The largest absolute Gasteiger partial charge is 0.340 e. The predicted molar refractivity (Wildman–Crippen MR) is 86.0 cm³/mol. The van der Waals surface area contributed by atoms with Crippen LogP contribution in [0.25, 0.3) is 0 Å². The highest BCUT2D eigenvalue weighted by molar-refractivity contribution is 5.73. The highest BCUT2D eigenvalue weighted by atomic mass is 16.2. The molecule has 1 saturated carbocycles. The lowest BCUT2D eigenvalue weighted by Gasteiger charge is -2.50. The Morgan fingerprint density at radius 3 is 2.76 bits per heavy atom. The molecule has 21 heavy (non-hydrogen) atoms. The Kier molecular flexibility index (Phi) is 4.88. The van der Waals surface area contributed by atoms with Gasteiger partial charge in [-0.1, -0.05) is 13.3 Å². The minimum atomic E-state index is 0.299.